The Bertz CT molecular complexity index is 756. The molecule has 1 aromatic heterocycles. The maximum Gasteiger partial charge on any atom is 0.230 e. The van der Waals surface area contributed by atoms with Gasteiger partial charge in [-0.25, -0.2) is 0 Å². The van der Waals surface area contributed by atoms with Gasteiger partial charge in [-0.1, -0.05) is 67.6 Å². The topological polar surface area (TPSA) is 59.8 Å². The van der Waals surface area contributed by atoms with Crippen LogP contribution in [-0.2, 0) is 24.3 Å². The Kier molecular flexibility index (Phi) is 8.22. The summed E-state index contributed by atoms with van der Waals surface area (Å²) in [6, 6.07) is 7.50. The number of amides is 1. The number of hydrogen-bond donors (Lipinski definition) is 1. The highest BCUT2D eigenvalue weighted by Gasteiger charge is 2.17. The molecule has 1 aliphatic rings. The van der Waals surface area contributed by atoms with Crippen molar-refractivity contribution in [2.75, 3.05) is 5.75 Å². The molecule has 0 radical (unpaired) electrons. The second kappa shape index (κ2) is 10.9. The summed E-state index contributed by atoms with van der Waals surface area (Å²) in [4.78, 5) is 12.2. The van der Waals surface area contributed by atoms with Gasteiger partial charge in [-0.3, -0.25) is 4.79 Å². The lowest BCUT2D eigenvalue weighted by Gasteiger charge is -2.21. The molecule has 1 N–H and O–H groups in total. The fourth-order valence-electron chi connectivity index (χ4n) is 3.72. The Hall–Kier alpha value is -1.53. The van der Waals surface area contributed by atoms with Crippen molar-refractivity contribution in [3.05, 3.63) is 40.7 Å². The lowest BCUT2D eigenvalue weighted by atomic mass is 9.86. The molecule has 5 nitrogen and oxygen atoms in total. The molecule has 1 aromatic carbocycles. The molecule has 3 rings (SSSR count). The SMILES string of the molecule is CCn1c(CCC2CCCCC2)nnc1SCC(=O)NCc1ccc(Cl)cc1. The zero-order valence-corrected chi connectivity index (χ0v) is 18.1. The number of halogens is 1. The molecule has 0 saturated heterocycles. The van der Waals surface area contributed by atoms with Crippen LogP contribution in [0.2, 0.25) is 5.02 Å². The Morgan fingerprint density at radius 1 is 1.21 bits per heavy atom. The van der Waals surface area contributed by atoms with Gasteiger partial charge in [0, 0.05) is 24.5 Å². The van der Waals surface area contributed by atoms with Crippen LogP contribution in [0.5, 0.6) is 0 Å². The molecule has 1 aliphatic carbocycles. The van der Waals surface area contributed by atoms with Crippen LogP contribution >= 0.6 is 23.4 Å². The Balaban J connectivity index is 1.46. The smallest absolute Gasteiger partial charge is 0.230 e. The fourth-order valence-corrected chi connectivity index (χ4v) is 4.70. The molecule has 1 heterocycles. The van der Waals surface area contributed by atoms with E-state index in [9.17, 15) is 4.79 Å². The maximum absolute atomic E-state index is 12.2. The normalized spacial score (nSPS) is 14.9. The summed E-state index contributed by atoms with van der Waals surface area (Å²) < 4.78 is 2.15. The van der Waals surface area contributed by atoms with E-state index in [0.717, 1.165) is 35.4 Å². The van der Waals surface area contributed by atoms with Gasteiger partial charge in [-0.2, -0.15) is 0 Å². The minimum atomic E-state index is -0.00522. The lowest BCUT2D eigenvalue weighted by molar-refractivity contribution is -0.118. The number of nitrogens with zero attached hydrogens (tertiary/aromatic N) is 3. The average molecular weight is 421 g/mol. The van der Waals surface area contributed by atoms with Gasteiger partial charge in [0.05, 0.1) is 5.75 Å². The van der Waals surface area contributed by atoms with E-state index in [0.29, 0.717) is 17.3 Å². The van der Waals surface area contributed by atoms with Crippen molar-refractivity contribution in [3.8, 4) is 0 Å². The van der Waals surface area contributed by atoms with Crippen LogP contribution in [0.4, 0.5) is 0 Å². The highest BCUT2D eigenvalue weighted by molar-refractivity contribution is 7.99. The van der Waals surface area contributed by atoms with Crippen molar-refractivity contribution in [1.82, 2.24) is 20.1 Å². The van der Waals surface area contributed by atoms with E-state index in [1.165, 1.54) is 50.3 Å². The van der Waals surface area contributed by atoms with Crippen molar-refractivity contribution in [1.29, 1.82) is 0 Å². The molecular formula is C21H29ClN4OS. The van der Waals surface area contributed by atoms with Crippen LogP contribution in [-0.4, -0.2) is 26.4 Å². The van der Waals surface area contributed by atoms with Crippen LogP contribution in [0.3, 0.4) is 0 Å². The summed E-state index contributed by atoms with van der Waals surface area (Å²) in [5, 5.41) is 13.2. The molecule has 152 valence electrons. The quantitative estimate of drug-likeness (QED) is 0.587. The molecule has 0 spiro atoms. The van der Waals surface area contributed by atoms with Gasteiger partial charge in [0.15, 0.2) is 5.16 Å². The maximum atomic E-state index is 12.2. The zero-order chi connectivity index (χ0) is 19.8. The van der Waals surface area contributed by atoms with Crippen molar-refractivity contribution in [2.24, 2.45) is 5.92 Å². The van der Waals surface area contributed by atoms with Gasteiger partial charge in [0.1, 0.15) is 5.82 Å². The molecule has 1 fully saturated rings. The van der Waals surface area contributed by atoms with Gasteiger partial charge in [-0.05, 0) is 37.0 Å². The lowest BCUT2D eigenvalue weighted by Crippen LogP contribution is -2.24. The zero-order valence-electron chi connectivity index (χ0n) is 16.5. The van der Waals surface area contributed by atoms with Crippen LogP contribution in [0.15, 0.2) is 29.4 Å². The van der Waals surface area contributed by atoms with E-state index in [-0.39, 0.29) is 5.91 Å². The number of carbonyl (C=O) groups excluding carboxylic acids is 1. The first-order valence-electron chi connectivity index (χ1n) is 10.2. The number of hydrogen-bond acceptors (Lipinski definition) is 4. The third-order valence-corrected chi connectivity index (χ3v) is 6.56. The van der Waals surface area contributed by atoms with Crippen LogP contribution in [0.25, 0.3) is 0 Å². The second-order valence-electron chi connectivity index (χ2n) is 7.38. The summed E-state index contributed by atoms with van der Waals surface area (Å²) in [6.45, 7) is 3.45. The summed E-state index contributed by atoms with van der Waals surface area (Å²) >= 11 is 7.34. The van der Waals surface area contributed by atoms with Crippen LogP contribution in [0, 0.1) is 5.92 Å². The first-order chi connectivity index (χ1) is 13.7. The third-order valence-electron chi connectivity index (χ3n) is 5.35. The summed E-state index contributed by atoms with van der Waals surface area (Å²) in [6.07, 6.45) is 9.03. The van der Waals surface area contributed by atoms with E-state index in [2.05, 4.69) is 27.0 Å². The summed E-state index contributed by atoms with van der Waals surface area (Å²) in [5.41, 5.74) is 1.03. The van der Waals surface area contributed by atoms with Crippen molar-refractivity contribution >= 4 is 29.3 Å². The van der Waals surface area contributed by atoms with Gasteiger partial charge < -0.3 is 9.88 Å². The molecule has 1 amide bonds. The molecule has 1 saturated carbocycles. The number of aryl methyl sites for hydroxylation is 1. The predicted molar refractivity (Wildman–Crippen MR) is 115 cm³/mol. The van der Waals surface area contributed by atoms with Crippen LogP contribution < -0.4 is 5.32 Å². The van der Waals surface area contributed by atoms with E-state index < -0.39 is 0 Å². The predicted octanol–water partition coefficient (Wildman–Crippen LogP) is 4.87. The first-order valence-corrected chi connectivity index (χ1v) is 11.6. The van der Waals surface area contributed by atoms with Crippen molar-refractivity contribution in [2.45, 2.75) is 70.1 Å². The van der Waals surface area contributed by atoms with E-state index in [4.69, 9.17) is 11.6 Å². The Morgan fingerprint density at radius 3 is 2.68 bits per heavy atom. The number of aromatic nitrogens is 3. The van der Waals surface area contributed by atoms with Gasteiger partial charge in [-0.15, -0.1) is 10.2 Å². The second-order valence-corrected chi connectivity index (χ2v) is 8.76. The van der Waals surface area contributed by atoms with E-state index in [1.54, 1.807) is 0 Å². The number of rotatable bonds is 9. The standard InChI is InChI=1S/C21H29ClN4OS/c1-2-26-19(13-10-16-6-4-3-5-7-16)24-25-21(26)28-15-20(27)23-14-17-8-11-18(22)12-9-17/h8-9,11-12,16H,2-7,10,13-15H2,1H3,(H,23,27). The van der Waals surface area contributed by atoms with Crippen molar-refractivity contribution in [3.63, 3.8) is 0 Å². The van der Waals surface area contributed by atoms with Crippen LogP contribution in [0.1, 0.15) is 56.8 Å². The van der Waals surface area contributed by atoms with Gasteiger partial charge in [0.25, 0.3) is 0 Å². The molecule has 0 atom stereocenters. The molecular weight excluding hydrogens is 392 g/mol. The number of carbonyl (C=O) groups is 1. The molecule has 0 unspecified atom stereocenters. The van der Waals surface area contributed by atoms with E-state index in [1.807, 2.05) is 24.3 Å². The summed E-state index contributed by atoms with van der Waals surface area (Å²) in [7, 11) is 0. The molecule has 7 heteroatoms. The third kappa shape index (κ3) is 6.24. The molecule has 2 aromatic rings. The minimum Gasteiger partial charge on any atom is -0.351 e. The minimum absolute atomic E-state index is 0.00522. The van der Waals surface area contributed by atoms with E-state index >= 15 is 0 Å². The molecule has 0 bridgehead atoms. The van der Waals surface area contributed by atoms with Crippen molar-refractivity contribution < 1.29 is 4.79 Å². The van der Waals surface area contributed by atoms with Gasteiger partial charge in [0.2, 0.25) is 5.91 Å². The number of thioether (sulfide) groups is 1. The summed E-state index contributed by atoms with van der Waals surface area (Å²) in [5.74, 6) is 2.23. The first kappa shape index (κ1) is 21.2. The molecule has 0 aliphatic heterocycles. The number of nitrogens with one attached hydrogen (secondary N) is 1. The number of benzene rings is 1. The monoisotopic (exact) mass is 420 g/mol. The average Bonchev–Trinajstić information content (AvgIpc) is 3.13. The Morgan fingerprint density at radius 2 is 1.96 bits per heavy atom. The highest BCUT2D eigenvalue weighted by Crippen LogP contribution is 2.28. The fraction of sp³-hybridized carbons (Fsp3) is 0.571. The Labute approximate surface area is 176 Å². The largest absolute Gasteiger partial charge is 0.351 e. The highest BCUT2D eigenvalue weighted by atomic mass is 35.5. The van der Waals surface area contributed by atoms with Gasteiger partial charge >= 0.3 is 0 Å². The molecule has 28 heavy (non-hydrogen) atoms.